The highest BCUT2D eigenvalue weighted by Crippen LogP contribution is 2.40. The molecule has 2 nitrogen and oxygen atoms in total. The van der Waals surface area contributed by atoms with Crippen molar-refractivity contribution in [1.29, 1.82) is 0 Å². The monoisotopic (exact) mass is 204 g/mol. The van der Waals surface area contributed by atoms with Gasteiger partial charge in [0.05, 0.1) is 5.92 Å². The van der Waals surface area contributed by atoms with Gasteiger partial charge >= 0.3 is 5.97 Å². The molecule has 68 valence electrons. The van der Waals surface area contributed by atoms with Crippen molar-refractivity contribution in [1.82, 2.24) is 0 Å². The van der Waals surface area contributed by atoms with Crippen LogP contribution in [-0.2, 0) is 4.79 Å². The maximum Gasteiger partial charge on any atom is 0.307 e. The summed E-state index contributed by atoms with van der Waals surface area (Å²) in [5.41, 5.74) is 0. The van der Waals surface area contributed by atoms with Gasteiger partial charge in [0.1, 0.15) is 0 Å². The number of hydrogen-bond donors (Lipinski definition) is 1. The minimum atomic E-state index is -0.665. The van der Waals surface area contributed by atoms with Gasteiger partial charge in [-0.15, -0.1) is 0 Å². The second-order valence-corrected chi connectivity index (χ2v) is 5.08. The van der Waals surface area contributed by atoms with Gasteiger partial charge < -0.3 is 5.11 Å². The third-order valence-corrected chi connectivity index (χ3v) is 4.22. The maximum atomic E-state index is 10.8. The molecule has 0 radical (unpaired) electrons. The molecule has 1 aliphatic rings. The number of carboxylic acids is 1. The summed E-state index contributed by atoms with van der Waals surface area (Å²) in [6.07, 6.45) is 3.70. The molecule has 0 aromatic carbocycles. The molecule has 1 heterocycles. The fourth-order valence-electron chi connectivity index (χ4n) is 1.18. The van der Waals surface area contributed by atoms with Crippen LogP contribution in [0.15, 0.2) is 11.5 Å². The molecule has 0 aliphatic carbocycles. The second-order valence-electron chi connectivity index (χ2n) is 2.72. The van der Waals surface area contributed by atoms with Crippen molar-refractivity contribution in [2.24, 2.45) is 5.92 Å². The van der Waals surface area contributed by atoms with E-state index in [0.29, 0.717) is 0 Å². The molecule has 2 unspecified atom stereocenters. The van der Waals surface area contributed by atoms with Crippen LogP contribution < -0.4 is 0 Å². The van der Waals surface area contributed by atoms with E-state index < -0.39 is 5.97 Å². The summed E-state index contributed by atoms with van der Waals surface area (Å²) in [5, 5.41) is 11.1. The number of aliphatic carboxylic acids is 1. The summed E-state index contributed by atoms with van der Waals surface area (Å²) in [4.78, 5) is 10.8. The lowest BCUT2D eigenvalue weighted by atomic mass is 10.00. The van der Waals surface area contributed by atoms with Gasteiger partial charge in [0.15, 0.2) is 0 Å². The number of hydrogen-bond acceptors (Lipinski definition) is 3. The zero-order chi connectivity index (χ0) is 8.97. The van der Waals surface area contributed by atoms with Gasteiger partial charge in [-0.25, -0.2) is 0 Å². The second kappa shape index (κ2) is 4.82. The summed E-state index contributed by atoms with van der Waals surface area (Å²) in [6, 6.07) is 0. The van der Waals surface area contributed by atoms with Crippen LogP contribution in [0.5, 0.6) is 0 Å². The average Bonchev–Trinajstić information content (AvgIpc) is 2.51. The zero-order valence-electron chi connectivity index (χ0n) is 6.90. The summed E-state index contributed by atoms with van der Waals surface area (Å²) in [7, 11) is 3.27. The van der Waals surface area contributed by atoms with Crippen LogP contribution in [-0.4, -0.2) is 16.3 Å². The normalized spacial score (nSPS) is 24.2. The molecule has 1 N–H and O–H groups in total. The molecule has 0 fully saturated rings. The Morgan fingerprint density at radius 3 is 2.92 bits per heavy atom. The third kappa shape index (κ3) is 2.45. The summed E-state index contributed by atoms with van der Waals surface area (Å²) in [5.74, 6) is -0.868. The van der Waals surface area contributed by atoms with Crippen LogP contribution in [0.2, 0.25) is 0 Å². The average molecular weight is 204 g/mol. The van der Waals surface area contributed by atoms with Crippen LogP contribution >= 0.6 is 21.6 Å². The van der Waals surface area contributed by atoms with Gasteiger partial charge in [-0.05, 0) is 11.8 Å². The minimum Gasteiger partial charge on any atom is -0.481 e. The lowest BCUT2D eigenvalue weighted by molar-refractivity contribution is -0.141. The molecule has 1 rings (SSSR count). The van der Waals surface area contributed by atoms with E-state index in [9.17, 15) is 4.79 Å². The molecule has 2 atom stereocenters. The first-order chi connectivity index (χ1) is 5.75. The minimum absolute atomic E-state index is 0.174. The maximum absolute atomic E-state index is 10.8. The van der Waals surface area contributed by atoms with E-state index in [-0.39, 0.29) is 11.2 Å². The number of carbonyl (C=O) groups is 1. The van der Waals surface area contributed by atoms with E-state index in [2.05, 4.69) is 0 Å². The molecule has 1 aliphatic heterocycles. The van der Waals surface area contributed by atoms with Crippen LogP contribution in [0.3, 0.4) is 0 Å². The quantitative estimate of drug-likeness (QED) is 0.714. The Bertz CT molecular complexity index is 191. The first-order valence-electron chi connectivity index (χ1n) is 3.97. The highest BCUT2D eigenvalue weighted by Gasteiger charge is 2.27. The van der Waals surface area contributed by atoms with Gasteiger partial charge in [0.2, 0.25) is 0 Å². The fraction of sp³-hybridized carbons (Fsp3) is 0.625. The van der Waals surface area contributed by atoms with Crippen LogP contribution in [0.25, 0.3) is 0 Å². The Morgan fingerprint density at radius 2 is 2.50 bits per heavy atom. The van der Waals surface area contributed by atoms with Crippen molar-refractivity contribution in [3.8, 4) is 0 Å². The highest BCUT2D eigenvalue weighted by atomic mass is 33.1. The molecule has 4 heteroatoms. The van der Waals surface area contributed by atoms with E-state index in [0.717, 1.165) is 12.8 Å². The first-order valence-corrected chi connectivity index (χ1v) is 6.25. The number of rotatable bonds is 4. The SMILES string of the molecule is CCCC(C(=O)O)C1C=CSS1. The molecule has 0 bridgehead atoms. The van der Waals surface area contributed by atoms with Crippen LogP contribution in [0.1, 0.15) is 19.8 Å². The lowest BCUT2D eigenvalue weighted by Crippen LogP contribution is -2.22. The van der Waals surface area contributed by atoms with Gasteiger partial charge in [0.25, 0.3) is 0 Å². The Labute approximate surface area is 80.2 Å². The molecular formula is C8H12O2S2. The molecular weight excluding hydrogens is 192 g/mol. The van der Waals surface area contributed by atoms with Crippen LogP contribution in [0, 0.1) is 5.92 Å². The Hall–Kier alpha value is -0.0900. The van der Waals surface area contributed by atoms with Gasteiger partial charge in [0, 0.05) is 5.25 Å². The summed E-state index contributed by atoms with van der Waals surface area (Å²) in [6.45, 7) is 2.02. The third-order valence-electron chi connectivity index (χ3n) is 1.80. The smallest absolute Gasteiger partial charge is 0.307 e. The Kier molecular flexibility index (Phi) is 4.01. The molecule has 0 amide bonds. The van der Waals surface area contributed by atoms with E-state index in [1.54, 1.807) is 21.6 Å². The molecule has 12 heavy (non-hydrogen) atoms. The number of carboxylic acid groups (broad SMARTS) is 1. The predicted molar refractivity (Wildman–Crippen MR) is 54.1 cm³/mol. The topological polar surface area (TPSA) is 37.3 Å². The highest BCUT2D eigenvalue weighted by molar-refractivity contribution is 8.78. The molecule has 0 saturated heterocycles. The Morgan fingerprint density at radius 1 is 1.75 bits per heavy atom. The fourth-order valence-corrected chi connectivity index (χ4v) is 3.60. The van der Waals surface area contributed by atoms with Crippen molar-refractivity contribution in [3.63, 3.8) is 0 Å². The molecule has 0 spiro atoms. The van der Waals surface area contributed by atoms with Crippen molar-refractivity contribution in [2.45, 2.75) is 25.0 Å². The predicted octanol–water partition coefficient (Wildman–Crippen LogP) is 2.76. The molecule has 0 aromatic rings. The van der Waals surface area contributed by atoms with Crippen molar-refractivity contribution >= 4 is 27.6 Å². The van der Waals surface area contributed by atoms with E-state index in [1.165, 1.54) is 0 Å². The van der Waals surface area contributed by atoms with E-state index in [1.807, 2.05) is 18.4 Å². The molecule has 0 aromatic heterocycles. The van der Waals surface area contributed by atoms with Crippen molar-refractivity contribution in [3.05, 3.63) is 11.5 Å². The zero-order valence-corrected chi connectivity index (χ0v) is 8.53. The van der Waals surface area contributed by atoms with Crippen LogP contribution in [0.4, 0.5) is 0 Å². The standard InChI is InChI=1S/C8H12O2S2/c1-2-3-6(8(9)10)7-4-5-11-12-7/h4-7H,2-3H2,1H3,(H,9,10). The Balaban J connectivity index is 2.52. The van der Waals surface area contributed by atoms with Gasteiger partial charge in [-0.1, -0.05) is 41.0 Å². The molecule has 0 saturated carbocycles. The largest absolute Gasteiger partial charge is 0.481 e. The van der Waals surface area contributed by atoms with Crippen molar-refractivity contribution < 1.29 is 9.90 Å². The lowest BCUT2D eigenvalue weighted by Gasteiger charge is -2.15. The summed E-state index contributed by atoms with van der Waals surface area (Å²) < 4.78 is 0. The van der Waals surface area contributed by atoms with Gasteiger partial charge in [-0.2, -0.15) is 0 Å². The first kappa shape index (κ1) is 9.99. The van der Waals surface area contributed by atoms with Gasteiger partial charge in [-0.3, -0.25) is 4.79 Å². The van der Waals surface area contributed by atoms with E-state index >= 15 is 0 Å². The summed E-state index contributed by atoms with van der Waals surface area (Å²) >= 11 is 0. The van der Waals surface area contributed by atoms with Crippen molar-refractivity contribution in [2.75, 3.05) is 0 Å². The van der Waals surface area contributed by atoms with E-state index in [4.69, 9.17) is 5.11 Å².